The van der Waals surface area contributed by atoms with Gasteiger partial charge in [0.2, 0.25) is 5.91 Å². The molecular weight excluding hydrogens is 319 g/mol. The van der Waals surface area contributed by atoms with Gasteiger partial charge in [0.05, 0.1) is 12.0 Å². The van der Waals surface area contributed by atoms with E-state index in [0.29, 0.717) is 4.47 Å². The summed E-state index contributed by atoms with van der Waals surface area (Å²) < 4.78 is 13.5. The summed E-state index contributed by atoms with van der Waals surface area (Å²) in [5.41, 5.74) is 0.0785. The number of carbonyl (C=O) groups is 3. The van der Waals surface area contributed by atoms with E-state index in [2.05, 4.69) is 21.2 Å². The van der Waals surface area contributed by atoms with Gasteiger partial charge in [-0.15, -0.1) is 0 Å². The Hall–Kier alpha value is -1.76. The number of hydrogen-bond acceptors (Lipinski definition) is 3. The van der Waals surface area contributed by atoms with Gasteiger partial charge in [-0.1, -0.05) is 0 Å². The second-order valence-corrected chi connectivity index (χ2v) is 5.00. The van der Waals surface area contributed by atoms with Crippen molar-refractivity contribution in [3.05, 3.63) is 34.1 Å². The number of amides is 3. The number of hydrogen-bond donors (Lipinski definition) is 1. The van der Waals surface area contributed by atoms with Gasteiger partial charge >= 0.3 is 0 Å². The molecule has 19 heavy (non-hydrogen) atoms. The summed E-state index contributed by atoms with van der Waals surface area (Å²) in [7, 11) is 1.36. The Labute approximate surface area is 116 Å². The van der Waals surface area contributed by atoms with Gasteiger partial charge < -0.3 is 5.32 Å². The number of likely N-dealkylation sites (N-methyl/N-ethyl adjacent to an activating group) is 1. The van der Waals surface area contributed by atoms with Crippen LogP contribution in [0.15, 0.2) is 22.7 Å². The number of imide groups is 1. The van der Waals surface area contributed by atoms with Crippen molar-refractivity contribution in [3.8, 4) is 0 Å². The van der Waals surface area contributed by atoms with Gasteiger partial charge in [0, 0.05) is 11.5 Å². The highest BCUT2D eigenvalue weighted by atomic mass is 79.9. The Morgan fingerprint density at radius 3 is 2.74 bits per heavy atom. The van der Waals surface area contributed by atoms with Crippen LogP contribution in [-0.4, -0.2) is 35.7 Å². The highest BCUT2D eigenvalue weighted by Gasteiger charge is 2.37. The Morgan fingerprint density at radius 1 is 1.47 bits per heavy atom. The molecule has 1 unspecified atom stereocenters. The zero-order chi connectivity index (χ0) is 14.2. The van der Waals surface area contributed by atoms with Crippen LogP contribution in [0.3, 0.4) is 0 Å². The molecule has 0 aliphatic carbocycles. The zero-order valence-corrected chi connectivity index (χ0v) is 11.5. The van der Waals surface area contributed by atoms with Gasteiger partial charge in [-0.3, -0.25) is 19.3 Å². The summed E-state index contributed by atoms with van der Waals surface area (Å²) in [5, 5.41) is 2.43. The molecule has 0 bridgehead atoms. The lowest BCUT2D eigenvalue weighted by Gasteiger charge is -2.12. The monoisotopic (exact) mass is 328 g/mol. The number of halogens is 2. The minimum Gasteiger partial charge on any atom is -0.340 e. The molecule has 0 saturated carbocycles. The van der Waals surface area contributed by atoms with Crippen molar-refractivity contribution in [1.82, 2.24) is 10.2 Å². The van der Waals surface area contributed by atoms with Gasteiger partial charge in [0.25, 0.3) is 11.8 Å². The number of carbonyl (C=O) groups excluding carboxylic acids is 3. The van der Waals surface area contributed by atoms with E-state index in [1.807, 2.05) is 0 Å². The zero-order valence-electron chi connectivity index (χ0n) is 9.94. The average Bonchev–Trinajstić information content (AvgIpc) is 2.60. The molecule has 1 fully saturated rings. The molecule has 100 valence electrons. The van der Waals surface area contributed by atoms with E-state index in [0.717, 1.165) is 11.0 Å². The molecule has 1 aliphatic heterocycles. The third-order valence-electron chi connectivity index (χ3n) is 2.86. The van der Waals surface area contributed by atoms with Crippen LogP contribution < -0.4 is 5.32 Å². The van der Waals surface area contributed by atoms with Gasteiger partial charge in [-0.05, 0) is 34.1 Å². The molecule has 2 rings (SSSR count). The molecule has 5 nitrogen and oxygen atoms in total. The predicted molar refractivity (Wildman–Crippen MR) is 67.7 cm³/mol. The first-order valence-corrected chi connectivity index (χ1v) is 6.25. The predicted octanol–water partition coefficient (Wildman–Crippen LogP) is 1.08. The Morgan fingerprint density at radius 2 is 2.16 bits per heavy atom. The number of likely N-dealkylation sites (tertiary alicyclic amines) is 1. The number of nitrogens with zero attached hydrogens (tertiary/aromatic N) is 1. The van der Waals surface area contributed by atoms with E-state index in [4.69, 9.17) is 0 Å². The summed E-state index contributed by atoms with van der Waals surface area (Å²) in [6.45, 7) is 0. The fourth-order valence-electron chi connectivity index (χ4n) is 1.78. The molecule has 1 heterocycles. The number of nitrogens with one attached hydrogen (secondary N) is 1. The van der Waals surface area contributed by atoms with Crippen molar-refractivity contribution in [1.29, 1.82) is 0 Å². The molecule has 0 aromatic heterocycles. The standard InChI is InChI=1S/C12H10BrFN2O3/c1-16-10(17)5-9(12(16)19)15-11(18)7-4-6(14)2-3-8(7)13/h2-4,9H,5H2,1H3,(H,15,18). The van der Waals surface area contributed by atoms with Crippen LogP contribution in [0.1, 0.15) is 16.8 Å². The van der Waals surface area contributed by atoms with E-state index >= 15 is 0 Å². The molecule has 0 radical (unpaired) electrons. The van der Waals surface area contributed by atoms with Crippen LogP contribution in [0.2, 0.25) is 0 Å². The fraction of sp³-hybridized carbons (Fsp3) is 0.250. The molecular formula is C12H10BrFN2O3. The van der Waals surface area contributed by atoms with Crippen LogP contribution in [0, 0.1) is 5.82 Å². The van der Waals surface area contributed by atoms with Crippen molar-refractivity contribution in [2.75, 3.05) is 7.05 Å². The molecule has 1 aliphatic rings. The van der Waals surface area contributed by atoms with Crippen LogP contribution >= 0.6 is 15.9 Å². The smallest absolute Gasteiger partial charge is 0.253 e. The van der Waals surface area contributed by atoms with Crippen LogP contribution in [0.5, 0.6) is 0 Å². The summed E-state index contributed by atoms with van der Waals surface area (Å²) in [5.74, 6) is -1.98. The first-order chi connectivity index (χ1) is 8.90. The third kappa shape index (κ3) is 2.65. The molecule has 1 saturated heterocycles. The highest BCUT2D eigenvalue weighted by Crippen LogP contribution is 2.19. The van der Waals surface area contributed by atoms with Crippen molar-refractivity contribution < 1.29 is 18.8 Å². The summed E-state index contributed by atoms with van der Waals surface area (Å²) >= 11 is 3.13. The number of benzene rings is 1. The van der Waals surface area contributed by atoms with E-state index < -0.39 is 23.7 Å². The lowest BCUT2D eigenvalue weighted by molar-refractivity contribution is -0.137. The van der Waals surface area contributed by atoms with Crippen molar-refractivity contribution in [2.24, 2.45) is 0 Å². The SMILES string of the molecule is CN1C(=O)CC(NC(=O)c2cc(F)ccc2Br)C1=O. The molecule has 7 heteroatoms. The van der Waals surface area contributed by atoms with Gasteiger partial charge in [-0.2, -0.15) is 0 Å². The fourth-order valence-corrected chi connectivity index (χ4v) is 2.20. The largest absolute Gasteiger partial charge is 0.340 e. The Kier molecular flexibility index (Phi) is 3.66. The second-order valence-electron chi connectivity index (χ2n) is 4.15. The van der Waals surface area contributed by atoms with Gasteiger partial charge in [0.15, 0.2) is 0 Å². The molecule has 1 aromatic carbocycles. The van der Waals surface area contributed by atoms with Crippen molar-refractivity contribution >= 4 is 33.7 Å². The Bertz CT molecular complexity index is 576. The van der Waals surface area contributed by atoms with E-state index in [1.165, 1.54) is 19.2 Å². The van der Waals surface area contributed by atoms with E-state index in [9.17, 15) is 18.8 Å². The van der Waals surface area contributed by atoms with E-state index in [-0.39, 0.29) is 17.9 Å². The van der Waals surface area contributed by atoms with Crippen molar-refractivity contribution in [2.45, 2.75) is 12.5 Å². The minimum absolute atomic E-state index is 0.0754. The lowest BCUT2D eigenvalue weighted by atomic mass is 10.1. The molecule has 1 aromatic rings. The van der Waals surface area contributed by atoms with Crippen LogP contribution in [0.25, 0.3) is 0 Å². The molecule has 1 atom stereocenters. The molecule has 3 amide bonds. The van der Waals surface area contributed by atoms with Gasteiger partial charge in [0.1, 0.15) is 11.9 Å². The first kappa shape index (κ1) is 13.7. The average molecular weight is 329 g/mol. The highest BCUT2D eigenvalue weighted by molar-refractivity contribution is 9.10. The lowest BCUT2D eigenvalue weighted by Crippen LogP contribution is -2.40. The second kappa shape index (κ2) is 5.08. The summed E-state index contributed by atoms with van der Waals surface area (Å²) in [6.07, 6.45) is -0.0754. The minimum atomic E-state index is -0.889. The maximum Gasteiger partial charge on any atom is 0.253 e. The quantitative estimate of drug-likeness (QED) is 0.826. The van der Waals surface area contributed by atoms with Gasteiger partial charge in [-0.25, -0.2) is 4.39 Å². The maximum atomic E-state index is 13.1. The summed E-state index contributed by atoms with van der Waals surface area (Å²) in [6, 6.07) is 2.78. The van der Waals surface area contributed by atoms with E-state index in [1.54, 1.807) is 0 Å². The topological polar surface area (TPSA) is 66.5 Å². The Balaban J connectivity index is 2.16. The van der Waals surface area contributed by atoms with Crippen LogP contribution in [0.4, 0.5) is 4.39 Å². The molecule has 1 N–H and O–H groups in total. The third-order valence-corrected chi connectivity index (χ3v) is 3.55. The first-order valence-electron chi connectivity index (χ1n) is 5.46. The maximum absolute atomic E-state index is 13.1. The normalized spacial score (nSPS) is 18.9. The summed E-state index contributed by atoms with van der Waals surface area (Å²) in [4.78, 5) is 35.9. The number of rotatable bonds is 2. The van der Waals surface area contributed by atoms with Crippen molar-refractivity contribution in [3.63, 3.8) is 0 Å². The molecule has 0 spiro atoms. The van der Waals surface area contributed by atoms with Crippen LogP contribution in [-0.2, 0) is 9.59 Å².